The normalized spacial score (nSPS) is 16.1. The Hall–Kier alpha value is -3.41. The number of esters is 1. The van der Waals surface area contributed by atoms with Crippen molar-refractivity contribution in [3.05, 3.63) is 77.6 Å². The van der Waals surface area contributed by atoms with E-state index in [9.17, 15) is 9.59 Å². The second kappa shape index (κ2) is 7.91. The molecule has 1 aliphatic heterocycles. The summed E-state index contributed by atoms with van der Waals surface area (Å²) in [6, 6.07) is 17.6. The second-order valence-electron chi connectivity index (χ2n) is 7.17. The average Bonchev–Trinajstić information content (AvgIpc) is 3.40. The van der Waals surface area contributed by atoms with Crippen molar-refractivity contribution in [3.8, 4) is 11.1 Å². The van der Waals surface area contributed by atoms with Gasteiger partial charge in [0.1, 0.15) is 0 Å². The topological polar surface area (TPSA) is 64.4 Å². The summed E-state index contributed by atoms with van der Waals surface area (Å²) in [6.45, 7) is 0.739. The molecule has 6 nitrogen and oxygen atoms in total. The quantitative estimate of drug-likeness (QED) is 0.636. The fourth-order valence-corrected chi connectivity index (χ4v) is 4.00. The number of ether oxygens (including phenoxy) is 1. The first-order valence-electron chi connectivity index (χ1n) is 9.67. The molecule has 2 heterocycles. The highest BCUT2D eigenvalue weighted by molar-refractivity contribution is 5.98. The summed E-state index contributed by atoms with van der Waals surface area (Å²) in [5.41, 5.74) is 3.54. The molecule has 0 bridgehead atoms. The number of methoxy groups -OCH3 is 1. The summed E-state index contributed by atoms with van der Waals surface area (Å²) < 4.78 is 6.37. The van der Waals surface area contributed by atoms with Crippen molar-refractivity contribution in [3.63, 3.8) is 0 Å². The summed E-state index contributed by atoms with van der Waals surface area (Å²) in [5.74, 6) is -0.456. The van der Waals surface area contributed by atoms with Gasteiger partial charge in [0.25, 0.3) is 5.91 Å². The fourth-order valence-electron chi connectivity index (χ4n) is 4.00. The lowest BCUT2D eigenvalue weighted by Gasteiger charge is -2.25. The molecule has 0 N–H and O–H groups in total. The lowest BCUT2D eigenvalue weighted by Crippen LogP contribution is -2.30. The van der Waals surface area contributed by atoms with Crippen LogP contribution >= 0.6 is 0 Å². The summed E-state index contributed by atoms with van der Waals surface area (Å²) >= 11 is 0. The number of amides is 1. The number of carbonyl (C=O) groups excluding carboxylic acids is 2. The van der Waals surface area contributed by atoms with E-state index in [0.717, 1.165) is 30.5 Å². The number of likely N-dealkylation sites (tertiary alicyclic amines) is 1. The first kappa shape index (κ1) is 18.9. The van der Waals surface area contributed by atoms with Gasteiger partial charge in [-0.2, -0.15) is 5.10 Å². The van der Waals surface area contributed by atoms with Gasteiger partial charge in [0.15, 0.2) is 5.69 Å². The van der Waals surface area contributed by atoms with Gasteiger partial charge >= 0.3 is 5.97 Å². The van der Waals surface area contributed by atoms with Crippen LogP contribution in [0.5, 0.6) is 0 Å². The van der Waals surface area contributed by atoms with Crippen LogP contribution in [-0.2, 0) is 11.8 Å². The van der Waals surface area contributed by atoms with Crippen LogP contribution < -0.4 is 0 Å². The Bertz CT molecular complexity index is 1040. The fraction of sp³-hybridized carbons (Fsp3) is 0.261. The van der Waals surface area contributed by atoms with Crippen molar-refractivity contribution in [1.29, 1.82) is 0 Å². The van der Waals surface area contributed by atoms with E-state index in [0.29, 0.717) is 16.8 Å². The Morgan fingerprint density at radius 3 is 2.66 bits per heavy atom. The smallest absolute Gasteiger partial charge is 0.356 e. The second-order valence-corrected chi connectivity index (χ2v) is 7.17. The van der Waals surface area contributed by atoms with E-state index in [2.05, 4.69) is 17.2 Å². The molecule has 1 atom stereocenters. The van der Waals surface area contributed by atoms with Crippen molar-refractivity contribution in [2.75, 3.05) is 13.7 Å². The maximum Gasteiger partial charge on any atom is 0.356 e. The van der Waals surface area contributed by atoms with E-state index in [-0.39, 0.29) is 11.9 Å². The monoisotopic (exact) mass is 389 g/mol. The number of hydrogen-bond acceptors (Lipinski definition) is 4. The predicted octanol–water partition coefficient (Wildman–Crippen LogP) is 3.85. The van der Waals surface area contributed by atoms with Gasteiger partial charge in [-0.1, -0.05) is 42.5 Å². The molecule has 1 saturated heterocycles. The standard InChI is InChI=1S/C23H23N3O3/c1-25-21(23(28)29-2)19(15-24-25)17-10-6-11-18(14-17)22(27)26-13-7-12-20(26)16-8-4-3-5-9-16/h3-6,8-11,14-15,20H,7,12-13H2,1-2H3/t20-/m1/s1. The molecule has 3 aromatic rings. The van der Waals surface area contributed by atoms with Crippen LogP contribution in [0.25, 0.3) is 11.1 Å². The number of aryl methyl sites for hydroxylation is 1. The first-order chi connectivity index (χ1) is 14.1. The Kier molecular flexibility index (Phi) is 5.16. The maximum absolute atomic E-state index is 13.3. The van der Waals surface area contributed by atoms with Gasteiger partial charge in [-0.25, -0.2) is 4.79 Å². The Balaban J connectivity index is 1.66. The van der Waals surface area contributed by atoms with Gasteiger partial charge in [-0.3, -0.25) is 9.48 Å². The number of nitrogens with zero attached hydrogens (tertiary/aromatic N) is 3. The molecule has 1 fully saturated rings. The zero-order valence-electron chi connectivity index (χ0n) is 16.5. The highest BCUT2D eigenvalue weighted by Crippen LogP contribution is 2.33. The third-order valence-corrected chi connectivity index (χ3v) is 5.44. The molecule has 148 valence electrons. The molecular formula is C23H23N3O3. The van der Waals surface area contributed by atoms with Gasteiger partial charge in [0.05, 0.1) is 19.3 Å². The molecule has 29 heavy (non-hydrogen) atoms. The number of rotatable bonds is 4. The van der Waals surface area contributed by atoms with Crippen LogP contribution in [0.2, 0.25) is 0 Å². The van der Waals surface area contributed by atoms with Crippen molar-refractivity contribution < 1.29 is 14.3 Å². The van der Waals surface area contributed by atoms with Crippen LogP contribution in [0, 0.1) is 0 Å². The van der Waals surface area contributed by atoms with Gasteiger partial charge in [0, 0.05) is 24.7 Å². The lowest BCUT2D eigenvalue weighted by atomic mass is 10.0. The first-order valence-corrected chi connectivity index (χ1v) is 9.67. The highest BCUT2D eigenvalue weighted by Gasteiger charge is 2.30. The molecule has 2 aromatic carbocycles. The third kappa shape index (κ3) is 3.53. The molecule has 4 rings (SSSR count). The lowest BCUT2D eigenvalue weighted by molar-refractivity contribution is 0.0589. The van der Waals surface area contributed by atoms with Crippen molar-refractivity contribution in [2.24, 2.45) is 7.05 Å². The van der Waals surface area contributed by atoms with E-state index in [1.165, 1.54) is 11.8 Å². The largest absolute Gasteiger partial charge is 0.464 e. The van der Waals surface area contributed by atoms with Crippen molar-refractivity contribution >= 4 is 11.9 Å². The Labute approximate surface area is 169 Å². The van der Waals surface area contributed by atoms with Gasteiger partial charge in [-0.05, 0) is 36.1 Å². The minimum atomic E-state index is -0.458. The van der Waals surface area contributed by atoms with Crippen LogP contribution in [0.1, 0.15) is 45.3 Å². The summed E-state index contributed by atoms with van der Waals surface area (Å²) in [5, 5.41) is 4.19. The van der Waals surface area contributed by atoms with Crippen LogP contribution in [-0.4, -0.2) is 40.2 Å². The van der Waals surface area contributed by atoms with E-state index in [4.69, 9.17) is 4.74 Å². The summed E-state index contributed by atoms with van der Waals surface area (Å²) in [6.07, 6.45) is 3.57. The van der Waals surface area contributed by atoms with Gasteiger partial charge in [0.2, 0.25) is 0 Å². The van der Waals surface area contributed by atoms with E-state index in [1.807, 2.05) is 47.4 Å². The summed E-state index contributed by atoms with van der Waals surface area (Å²) in [7, 11) is 3.04. The number of aromatic nitrogens is 2. The van der Waals surface area contributed by atoms with Gasteiger partial charge in [-0.15, -0.1) is 0 Å². The molecular weight excluding hydrogens is 366 g/mol. The Morgan fingerprint density at radius 1 is 1.10 bits per heavy atom. The number of carbonyl (C=O) groups is 2. The van der Waals surface area contributed by atoms with E-state index in [1.54, 1.807) is 13.2 Å². The van der Waals surface area contributed by atoms with Gasteiger partial charge < -0.3 is 9.64 Å². The van der Waals surface area contributed by atoms with E-state index >= 15 is 0 Å². The molecule has 1 amide bonds. The molecule has 0 saturated carbocycles. The van der Waals surface area contributed by atoms with Crippen LogP contribution in [0.4, 0.5) is 0 Å². The number of hydrogen-bond donors (Lipinski definition) is 0. The minimum Gasteiger partial charge on any atom is -0.464 e. The molecule has 0 aliphatic carbocycles. The molecule has 0 spiro atoms. The van der Waals surface area contributed by atoms with Crippen LogP contribution in [0.15, 0.2) is 60.8 Å². The zero-order chi connectivity index (χ0) is 20.4. The Morgan fingerprint density at radius 2 is 1.90 bits per heavy atom. The highest BCUT2D eigenvalue weighted by atomic mass is 16.5. The summed E-state index contributed by atoms with van der Waals surface area (Å²) in [4.78, 5) is 27.4. The average molecular weight is 389 g/mol. The molecule has 0 unspecified atom stereocenters. The predicted molar refractivity (Wildman–Crippen MR) is 109 cm³/mol. The zero-order valence-corrected chi connectivity index (χ0v) is 16.5. The van der Waals surface area contributed by atoms with E-state index < -0.39 is 5.97 Å². The third-order valence-electron chi connectivity index (χ3n) is 5.44. The molecule has 0 radical (unpaired) electrons. The minimum absolute atomic E-state index is 0.00158. The molecule has 1 aliphatic rings. The molecule has 1 aromatic heterocycles. The SMILES string of the molecule is COC(=O)c1c(-c2cccc(C(=O)N3CCC[C@@H]3c3ccccc3)c2)cnn1C. The van der Waals surface area contributed by atoms with Crippen LogP contribution in [0.3, 0.4) is 0 Å². The molecule has 6 heteroatoms. The van der Waals surface area contributed by atoms with Crippen molar-refractivity contribution in [2.45, 2.75) is 18.9 Å². The van der Waals surface area contributed by atoms with Crippen molar-refractivity contribution in [1.82, 2.24) is 14.7 Å². The number of benzene rings is 2. The maximum atomic E-state index is 13.3.